The molecule has 6 nitrogen and oxygen atoms in total. The summed E-state index contributed by atoms with van der Waals surface area (Å²) >= 11 is 0. The number of carbonyl (C=O) groups excluding carboxylic acids is 2. The van der Waals surface area contributed by atoms with Gasteiger partial charge in [-0.05, 0) is 36.4 Å². The van der Waals surface area contributed by atoms with Crippen molar-refractivity contribution in [2.24, 2.45) is 0 Å². The molecule has 22 heavy (non-hydrogen) atoms. The molecule has 6 heteroatoms. The monoisotopic (exact) mass is 300 g/mol. The normalized spacial score (nSPS) is 10.9. The van der Waals surface area contributed by atoms with E-state index in [4.69, 9.17) is 9.15 Å². The van der Waals surface area contributed by atoms with E-state index >= 15 is 0 Å². The zero-order valence-corrected chi connectivity index (χ0v) is 12.3. The van der Waals surface area contributed by atoms with Crippen LogP contribution in [0.15, 0.2) is 52.8 Å². The Labute approximate surface area is 127 Å². The van der Waals surface area contributed by atoms with Crippen LogP contribution in [-0.4, -0.2) is 26.0 Å². The molecule has 0 bridgehead atoms. The first-order chi connectivity index (χ1) is 10.6. The molecule has 0 spiro atoms. The van der Waals surface area contributed by atoms with Gasteiger partial charge in [-0.15, -0.1) is 0 Å². The van der Waals surface area contributed by atoms with Crippen molar-refractivity contribution in [2.75, 3.05) is 14.2 Å². The van der Waals surface area contributed by atoms with Gasteiger partial charge in [0.1, 0.15) is 17.2 Å². The fraction of sp³-hybridized carbons (Fsp3) is 0.125. The van der Waals surface area contributed by atoms with E-state index in [1.807, 2.05) is 0 Å². The number of nitrogens with one attached hydrogen (secondary N) is 2. The Hall–Kier alpha value is -3.02. The predicted molar refractivity (Wildman–Crippen MR) is 81.2 cm³/mol. The third-order valence-corrected chi connectivity index (χ3v) is 2.90. The second kappa shape index (κ2) is 7.12. The Kier molecular flexibility index (Phi) is 4.98. The molecule has 0 aliphatic carbocycles. The average molecular weight is 300 g/mol. The van der Waals surface area contributed by atoms with Gasteiger partial charge in [-0.25, -0.2) is 0 Å². The van der Waals surface area contributed by atoms with Crippen LogP contribution in [0.1, 0.15) is 16.1 Å². The van der Waals surface area contributed by atoms with E-state index in [-0.39, 0.29) is 5.70 Å². The molecule has 1 aromatic carbocycles. The molecule has 0 unspecified atom stereocenters. The molecule has 0 aliphatic rings. The maximum absolute atomic E-state index is 12.2. The van der Waals surface area contributed by atoms with Crippen LogP contribution in [0.4, 0.5) is 0 Å². The van der Waals surface area contributed by atoms with Crippen molar-refractivity contribution in [1.82, 2.24) is 10.6 Å². The summed E-state index contributed by atoms with van der Waals surface area (Å²) in [5, 5.41) is 5.04. The first-order valence-corrected chi connectivity index (χ1v) is 6.56. The maximum Gasteiger partial charge on any atom is 0.267 e. The van der Waals surface area contributed by atoms with Crippen LogP contribution in [0.3, 0.4) is 0 Å². The van der Waals surface area contributed by atoms with Gasteiger partial charge in [0.2, 0.25) is 0 Å². The van der Waals surface area contributed by atoms with Gasteiger partial charge in [0.15, 0.2) is 0 Å². The summed E-state index contributed by atoms with van der Waals surface area (Å²) in [6, 6.07) is 9.95. The number of methoxy groups -OCH3 is 1. The van der Waals surface area contributed by atoms with Crippen LogP contribution in [0.25, 0.3) is 6.08 Å². The Morgan fingerprint density at radius 1 is 1.18 bits per heavy atom. The number of likely N-dealkylation sites (N-methyl/N-ethyl adjacent to an activating group) is 1. The third kappa shape index (κ3) is 3.76. The molecule has 1 heterocycles. The minimum absolute atomic E-state index is 0.0956. The van der Waals surface area contributed by atoms with Gasteiger partial charge in [0.25, 0.3) is 11.8 Å². The molecule has 0 saturated carbocycles. The van der Waals surface area contributed by atoms with Crippen LogP contribution < -0.4 is 15.4 Å². The van der Waals surface area contributed by atoms with Crippen molar-refractivity contribution in [3.05, 3.63) is 59.7 Å². The smallest absolute Gasteiger partial charge is 0.267 e. The van der Waals surface area contributed by atoms with Gasteiger partial charge < -0.3 is 19.8 Å². The summed E-state index contributed by atoms with van der Waals surface area (Å²) in [5.74, 6) is 0.296. The molecular formula is C16H16N2O4. The lowest BCUT2D eigenvalue weighted by molar-refractivity contribution is -0.117. The number of amides is 2. The number of rotatable bonds is 5. The topological polar surface area (TPSA) is 80.6 Å². The lowest BCUT2D eigenvalue weighted by atomic mass is 10.2. The average Bonchev–Trinajstić information content (AvgIpc) is 3.06. The zero-order valence-electron chi connectivity index (χ0n) is 12.3. The number of carbonyl (C=O) groups is 2. The summed E-state index contributed by atoms with van der Waals surface area (Å²) < 4.78 is 10.2. The molecule has 0 radical (unpaired) electrons. The van der Waals surface area contributed by atoms with Crippen LogP contribution in [0.2, 0.25) is 0 Å². The SMILES string of the molecule is CNC(=O)/C(=C\c1ccco1)NC(=O)c1ccc(OC)cc1. The highest BCUT2D eigenvalue weighted by atomic mass is 16.5. The minimum atomic E-state index is -0.418. The second-order valence-electron chi connectivity index (χ2n) is 4.34. The Morgan fingerprint density at radius 3 is 2.45 bits per heavy atom. The predicted octanol–water partition coefficient (Wildman–Crippen LogP) is 1.81. The lowest BCUT2D eigenvalue weighted by Gasteiger charge is -2.09. The van der Waals surface area contributed by atoms with Crippen LogP contribution in [0, 0.1) is 0 Å². The first kappa shape index (κ1) is 15.4. The Balaban J connectivity index is 2.19. The minimum Gasteiger partial charge on any atom is -0.497 e. The van der Waals surface area contributed by atoms with Gasteiger partial charge in [-0.3, -0.25) is 9.59 Å². The van der Waals surface area contributed by atoms with Gasteiger partial charge in [-0.2, -0.15) is 0 Å². The maximum atomic E-state index is 12.2. The molecular weight excluding hydrogens is 284 g/mol. The van der Waals surface area contributed by atoms with Gasteiger partial charge >= 0.3 is 0 Å². The molecule has 2 aromatic rings. The molecule has 0 atom stereocenters. The Morgan fingerprint density at radius 2 is 1.91 bits per heavy atom. The quantitative estimate of drug-likeness (QED) is 0.825. The fourth-order valence-corrected chi connectivity index (χ4v) is 1.75. The molecule has 2 rings (SSSR count). The van der Waals surface area contributed by atoms with Crippen LogP contribution >= 0.6 is 0 Å². The highest BCUT2D eigenvalue weighted by molar-refractivity contribution is 6.05. The zero-order chi connectivity index (χ0) is 15.9. The van der Waals surface area contributed by atoms with Crippen molar-refractivity contribution >= 4 is 17.9 Å². The molecule has 0 aliphatic heterocycles. The molecule has 2 N–H and O–H groups in total. The number of furan rings is 1. The number of hydrogen-bond donors (Lipinski definition) is 2. The summed E-state index contributed by atoms with van der Waals surface area (Å²) in [6.45, 7) is 0. The van der Waals surface area contributed by atoms with E-state index in [9.17, 15) is 9.59 Å². The number of ether oxygens (including phenoxy) is 1. The molecule has 2 amide bonds. The molecule has 114 valence electrons. The van der Waals surface area contributed by atoms with Crippen molar-refractivity contribution in [3.63, 3.8) is 0 Å². The van der Waals surface area contributed by atoms with Crippen molar-refractivity contribution in [1.29, 1.82) is 0 Å². The van der Waals surface area contributed by atoms with Gasteiger partial charge in [0, 0.05) is 18.7 Å². The van der Waals surface area contributed by atoms with Crippen LogP contribution in [-0.2, 0) is 4.79 Å². The fourth-order valence-electron chi connectivity index (χ4n) is 1.75. The summed E-state index contributed by atoms with van der Waals surface area (Å²) in [5.41, 5.74) is 0.508. The summed E-state index contributed by atoms with van der Waals surface area (Å²) in [7, 11) is 3.03. The number of benzene rings is 1. The van der Waals surface area contributed by atoms with Crippen LogP contribution in [0.5, 0.6) is 5.75 Å². The standard InChI is InChI=1S/C16H16N2O4/c1-17-16(20)14(10-13-4-3-9-22-13)18-15(19)11-5-7-12(21-2)8-6-11/h3-10H,1-2H3,(H,17,20)(H,18,19)/b14-10+. The highest BCUT2D eigenvalue weighted by Gasteiger charge is 2.14. The van der Waals surface area contributed by atoms with Crippen molar-refractivity contribution in [2.45, 2.75) is 0 Å². The first-order valence-electron chi connectivity index (χ1n) is 6.56. The molecule has 0 saturated heterocycles. The van der Waals surface area contributed by atoms with E-state index < -0.39 is 11.8 Å². The molecule has 0 fully saturated rings. The molecule has 1 aromatic heterocycles. The largest absolute Gasteiger partial charge is 0.497 e. The lowest BCUT2D eigenvalue weighted by Crippen LogP contribution is -2.33. The van der Waals surface area contributed by atoms with Crippen molar-refractivity contribution in [3.8, 4) is 5.75 Å². The third-order valence-electron chi connectivity index (χ3n) is 2.90. The van der Waals surface area contributed by atoms with Crippen molar-refractivity contribution < 1.29 is 18.7 Å². The van der Waals surface area contributed by atoms with E-state index in [0.717, 1.165) is 0 Å². The van der Waals surface area contributed by atoms with E-state index in [2.05, 4.69) is 10.6 Å². The second-order valence-corrected chi connectivity index (χ2v) is 4.34. The van der Waals surface area contributed by atoms with E-state index in [0.29, 0.717) is 17.1 Å². The summed E-state index contributed by atoms with van der Waals surface area (Å²) in [4.78, 5) is 24.0. The van der Waals surface area contributed by atoms with Gasteiger partial charge in [0.05, 0.1) is 13.4 Å². The van der Waals surface area contributed by atoms with E-state index in [1.54, 1.807) is 43.5 Å². The van der Waals surface area contributed by atoms with E-state index in [1.165, 1.54) is 19.4 Å². The summed E-state index contributed by atoms with van der Waals surface area (Å²) in [6.07, 6.45) is 2.94. The highest BCUT2D eigenvalue weighted by Crippen LogP contribution is 2.12. The Bertz CT molecular complexity index is 673. The van der Waals surface area contributed by atoms with Gasteiger partial charge in [-0.1, -0.05) is 0 Å². The number of hydrogen-bond acceptors (Lipinski definition) is 4.